The lowest BCUT2D eigenvalue weighted by molar-refractivity contribution is 0.346. The van der Waals surface area contributed by atoms with Gasteiger partial charge in [0.25, 0.3) is 0 Å². The Bertz CT molecular complexity index is 810. The van der Waals surface area contributed by atoms with E-state index in [9.17, 15) is 8.42 Å². The standard InChI is InChI=1S/C14H18N6O2S2/c21-24(22,19-8-2-1-3-9-19)12-6-7-13(15-10-12)23-14-16-17-18-20(14)11-4-5-11/h6-7,10-11H,1-5,8-9H2. The first-order valence-corrected chi connectivity index (χ1v) is 10.3. The number of piperidine rings is 1. The highest BCUT2D eigenvalue weighted by Gasteiger charge is 2.29. The van der Waals surface area contributed by atoms with Gasteiger partial charge in [0.2, 0.25) is 15.2 Å². The predicted octanol–water partition coefficient (Wildman–Crippen LogP) is 1.73. The minimum atomic E-state index is -3.44. The van der Waals surface area contributed by atoms with Crippen molar-refractivity contribution in [3.05, 3.63) is 18.3 Å². The summed E-state index contributed by atoms with van der Waals surface area (Å²) < 4.78 is 28.6. The Hall–Kier alpha value is -1.52. The van der Waals surface area contributed by atoms with Crippen molar-refractivity contribution in [1.82, 2.24) is 29.5 Å². The lowest BCUT2D eigenvalue weighted by Crippen LogP contribution is -2.35. The molecule has 2 fully saturated rings. The van der Waals surface area contributed by atoms with Gasteiger partial charge in [-0.05, 0) is 60.0 Å². The van der Waals surface area contributed by atoms with Crippen LogP contribution >= 0.6 is 11.8 Å². The number of sulfonamides is 1. The average molecular weight is 366 g/mol. The third-order valence-electron chi connectivity index (χ3n) is 4.21. The molecule has 0 bridgehead atoms. The van der Waals surface area contributed by atoms with Crippen LogP contribution in [0, 0.1) is 0 Å². The van der Waals surface area contributed by atoms with Crippen LogP contribution in [-0.2, 0) is 10.0 Å². The molecule has 0 atom stereocenters. The second-order valence-electron chi connectivity index (χ2n) is 6.04. The Morgan fingerprint density at radius 2 is 1.92 bits per heavy atom. The van der Waals surface area contributed by atoms with Crippen molar-refractivity contribution in [3.63, 3.8) is 0 Å². The van der Waals surface area contributed by atoms with E-state index in [1.807, 2.05) is 4.68 Å². The number of rotatable bonds is 5. The molecule has 0 N–H and O–H groups in total. The van der Waals surface area contributed by atoms with Gasteiger partial charge in [-0.25, -0.2) is 18.1 Å². The molecule has 1 aliphatic heterocycles. The number of hydrogen-bond acceptors (Lipinski definition) is 7. The van der Waals surface area contributed by atoms with E-state index >= 15 is 0 Å². The van der Waals surface area contributed by atoms with Crippen molar-refractivity contribution in [1.29, 1.82) is 0 Å². The number of tetrazole rings is 1. The molecule has 10 heteroatoms. The van der Waals surface area contributed by atoms with Crippen molar-refractivity contribution >= 4 is 21.8 Å². The summed E-state index contributed by atoms with van der Waals surface area (Å²) in [5.41, 5.74) is 0. The molecule has 128 valence electrons. The second-order valence-corrected chi connectivity index (χ2v) is 8.96. The van der Waals surface area contributed by atoms with Crippen LogP contribution in [0.4, 0.5) is 0 Å². The molecule has 1 saturated carbocycles. The molecule has 0 aromatic carbocycles. The van der Waals surface area contributed by atoms with Crippen molar-refractivity contribution in [3.8, 4) is 0 Å². The fraction of sp³-hybridized carbons (Fsp3) is 0.571. The van der Waals surface area contributed by atoms with Gasteiger partial charge in [-0.1, -0.05) is 6.42 Å². The van der Waals surface area contributed by atoms with Gasteiger partial charge in [0.15, 0.2) is 0 Å². The van der Waals surface area contributed by atoms with Gasteiger partial charge < -0.3 is 0 Å². The van der Waals surface area contributed by atoms with E-state index < -0.39 is 10.0 Å². The quantitative estimate of drug-likeness (QED) is 0.795. The minimum absolute atomic E-state index is 0.246. The van der Waals surface area contributed by atoms with E-state index in [1.165, 1.54) is 18.0 Å². The Labute approximate surface area is 144 Å². The van der Waals surface area contributed by atoms with Crippen LogP contribution in [-0.4, -0.2) is 51.0 Å². The highest BCUT2D eigenvalue weighted by molar-refractivity contribution is 7.99. The van der Waals surface area contributed by atoms with E-state index in [0.29, 0.717) is 29.3 Å². The molecular formula is C14H18N6O2S2. The molecule has 2 aromatic heterocycles. The Balaban J connectivity index is 1.51. The highest BCUT2D eigenvalue weighted by atomic mass is 32.2. The molecule has 4 rings (SSSR count). The molecule has 0 radical (unpaired) electrons. The van der Waals surface area contributed by atoms with Crippen LogP contribution in [0.5, 0.6) is 0 Å². The van der Waals surface area contributed by atoms with Crippen LogP contribution in [0.25, 0.3) is 0 Å². The normalized spacial score (nSPS) is 19.5. The molecule has 1 saturated heterocycles. The fourth-order valence-corrected chi connectivity index (χ4v) is 4.98. The maximum absolute atomic E-state index is 12.6. The average Bonchev–Trinajstić information content (AvgIpc) is 3.36. The summed E-state index contributed by atoms with van der Waals surface area (Å²) in [5.74, 6) is 0. The molecule has 0 unspecified atom stereocenters. The van der Waals surface area contributed by atoms with E-state index in [2.05, 4.69) is 20.5 Å². The van der Waals surface area contributed by atoms with Crippen molar-refractivity contribution in [2.45, 2.75) is 53.2 Å². The highest BCUT2D eigenvalue weighted by Crippen LogP contribution is 2.37. The van der Waals surface area contributed by atoms with Gasteiger partial charge >= 0.3 is 0 Å². The molecule has 24 heavy (non-hydrogen) atoms. The zero-order chi connectivity index (χ0) is 16.6. The van der Waals surface area contributed by atoms with E-state index in [1.54, 1.807) is 16.4 Å². The summed E-state index contributed by atoms with van der Waals surface area (Å²) in [7, 11) is -3.44. The summed E-state index contributed by atoms with van der Waals surface area (Å²) in [6.07, 6.45) is 6.56. The third-order valence-corrected chi connectivity index (χ3v) is 7.00. The van der Waals surface area contributed by atoms with Crippen LogP contribution in [0.1, 0.15) is 38.1 Å². The first kappa shape index (κ1) is 16.0. The molecule has 2 aromatic rings. The summed E-state index contributed by atoms with van der Waals surface area (Å²) in [4.78, 5) is 4.53. The van der Waals surface area contributed by atoms with E-state index in [0.717, 1.165) is 32.1 Å². The summed E-state index contributed by atoms with van der Waals surface area (Å²) in [6, 6.07) is 3.72. The first-order chi connectivity index (χ1) is 11.6. The minimum Gasteiger partial charge on any atom is -0.248 e. The van der Waals surface area contributed by atoms with Crippen LogP contribution in [0.3, 0.4) is 0 Å². The molecular weight excluding hydrogens is 348 g/mol. The summed E-state index contributed by atoms with van der Waals surface area (Å²) in [5, 5.41) is 13.1. The van der Waals surface area contributed by atoms with E-state index in [-0.39, 0.29) is 4.90 Å². The molecule has 0 amide bonds. The summed E-state index contributed by atoms with van der Waals surface area (Å²) >= 11 is 1.35. The largest absolute Gasteiger partial charge is 0.248 e. The van der Waals surface area contributed by atoms with Crippen LogP contribution < -0.4 is 0 Å². The SMILES string of the molecule is O=S(=O)(c1ccc(Sc2nnnn2C2CC2)nc1)N1CCCCC1. The van der Waals surface area contributed by atoms with Gasteiger partial charge in [0, 0.05) is 19.3 Å². The topological polar surface area (TPSA) is 93.9 Å². The number of nitrogens with zero attached hydrogens (tertiary/aromatic N) is 6. The lowest BCUT2D eigenvalue weighted by atomic mass is 10.2. The number of hydrogen-bond donors (Lipinski definition) is 0. The molecule has 0 spiro atoms. The molecule has 3 heterocycles. The maximum Gasteiger partial charge on any atom is 0.244 e. The van der Waals surface area contributed by atoms with Gasteiger partial charge in [0.1, 0.15) is 9.92 Å². The monoisotopic (exact) mass is 366 g/mol. The van der Waals surface area contributed by atoms with Crippen molar-refractivity contribution in [2.75, 3.05) is 13.1 Å². The Morgan fingerprint density at radius 1 is 1.12 bits per heavy atom. The molecule has 1 aliphatic carbocycles. The smallest absolute Gasteiger partial charge is 0.244 e. The Kier molecular flexibility index (Phi) is 4.27. The van der Waals surface area contributed by atoms with Crippen LogP contribution in [0.15, 0.2) is 33.4 Å². The van der Waals surface area contributed by atoms with E-state index in [4.69, 9.17) is 0 Å². The van der Waals surface area contributed by atoms with Gasteiger partial charge in [-0.3, -0.25) is 0 Å². The zero-order valence-electron chi connectivity index (χ0n) is 13.1. The molecule has 2 aliphatic rings. The lowest BCUT2D eigenvalue weighted by Gasteiger charge is -2.25. The van der Waals surface area contributed by atoms with Crippen LogP contribution in [0.2, 0.25) is 0 Å². The van der Waals surface area contributed by atoms with Gasteiger partial charge in [-0.15, -0.1) is 5.10 Å². The third kappa shape index (κ3) is 3.17. The number of aromatic nitrogens is 5. The second kappa shape index (κ2) is 6.41. The van der Waals surface area contributed by atoms with Crippen molar-refractivity contribution in [2.24, 2.45) is 0 Å². The fourth-order valence-electron chi connectivity index (χ4n) is 2.73. The Morgan fingerprint density at radius 3 is 2.58 bits per heavy atom. The van der Waals surface area contributed by atoms with Crippen molar-refractivity contribution < 1.29 is 8.42 Å². The number of pyridine rings is 1. The first-order valence-electron chi connectivity index (χ1n) is 8.06. The van der Waals surface area contributed by atoms with Gasteiger partial charge in [0.05, 0.1) is 6.04 Å². The zero-order valence-corrected chi connectivity index (χ0v) is 14.7. The predicted molar refractivity (Wildman–Crippen MR) is 87.1 cm³/mol. The molecule has 8 nitrogen and oxygen atoms in total. The van der Waals surface area contributed by atoms with Gasteiger partial charge in [-0.2, -0.15) is 4.31 Å². The summed E-state index contributed by atoms with van der Waals surface area (Å²) in [6.45, 7) is 1.18. The maximum atomic E-state index is 12.6.